The van der Waals surface area contributed by atoms with Gasteiger partial charge in [0, 0.05) is 0 Å². The maximum Gasteiger partial charge on any atom is 0.335 e. The number of carbonyl (C=O) groups is 2. The van der Waals surface area contributed by atoms with Crippen molar-refractivity contribution in [2.24, 2.45) is 5.92 Å². The van der Waals surface area contributed by atoms with Crippen LogP contribution in [0.25, 0.3) is 0 Å². The number of carboxylic acid groups (broad SMARTS) is 1. The molecule has 37 heavy (non-hydrogen) atoms. The molecule has 0 saturated heterocycles. The van der Waals surface area contributed by atoms with Gasteiger partial charge in [-0.05, 0) is 31.6 Å². The Morgan fingerprint density at radius 3 is 1.30 bits per heavy atom. The first-order chi connectivity index (χ1) is 18.0. The van der Waals surface area contributed by atoms with Gasteiger partial charge in [0.15, 0.2) is 6.10 Å². The summed E-state index contributed by atoms with van der Waals surface area (Å²) in [6.45, 7) is 6.71. The van der Waals surface area contributed by atoms with Crippen LogP contribution in [0, 0.1) is 5.92 Å². The van der Waals surface area contributed by atoms with Crippen molar-refractivity contribution in [3.05, 3.63) is 0 Å². The van der Waals surface area contributed by atoms with Crippen molar-refractivity contribution in [2.45, 2.75) is 187 Å². The van der Waals surface area contributed by atoms with Crippen molar-refractivity contribution in [1.82, 2.24) is 0 Å². The lowest BCUT2D eigenvalue weighted by molar-refractivity contribution is -0.166. The number of esters is 1. The zero-order chi connectivity index (χ0) is 27.6. The third-order valence-corrected chi connectivity index (χ3v) is 7.63. The molecule has 0 aliphatic rings. The van der Waals surface area contributed by atoms with Gasteiger partial charge < -0.3 is 14.9 Å². The van der Waals surface area contributed by atoms with Crippen LogP contribution in [0.4, 0.5) is 0 Å². The van der Waals surface area contributed by atoms with E-state index >= 15 is 0 Å². The van der Waals surface area contributed by atoms with Crippen molar-refractivity contribution in [2.75, 3.05) is 0 Å². The molecule has 0 rings (SSSR count). The molecule has 0 fully saturated rings. The van der Waals surface area contributed by atoms with E-state index in [2.05, 4.69) is 20.8 Å². The summed E-state index contributed by atoms with van der Waals surface area (Å²) in [6.07, 6.45) is 25.2. The molecule has 5 heteroatoms. The van der Waals surface area contributed by atoms with Crippen molar-refractivity contribution in [1.29, 1.82) is 0 Å². The third-order valence-electron chi connectivity index (χ3n) is 7.63. The number of hydrogen-bond donors (Lipinski definition) is 2. The van der Waals surface area contributed by atoms with Crippen LogP contribution in [0.15, 0.2) is 0 Å². The molecular weight excluding hydrogens is 464 g/mol. The van der Waals surface area contributed by atoms with Crippen molar-refractivity contribution >= 4 is 11.9 Å². The Morgan fingerprint density at radius 1 is 0.568 bits per heavy atom. The lowest BCUT2D eigenvalue weighted by Crippen LogP contribution is -2.34. The molecule has 0 aromatic heterocycles. The summed E-state index contributed by atoms with van der Waals surface area (Å²) < 4.78 is 5.87. The number of hydrogen-bond acceptors (Lipinski definition) is 4. The molecule has 2 N–H and O–H groups in total. The normalized spacial score (nSPS) is 13.1. The van der Waals surface area contributed by atoms with Crippen LogP contribution in [0.5, 0.6) is 0 Å². The number of carboxylic acids is 1. The van der Waals surface area contributed by atoms with Gasteiger partial charge in [-0.2, -0.15) is 0 Å². The summed E-state index contributed by atoms with van der Waals surface area (Å²) in [6, 6.07) is 0. The molecule has 0 heterocycles. The summed E-state index contributed by atoms with van der Waals surface area (Å²) >= 11 is 0. The van der Waals surface area contributed by atoms with Gasteiger partial charge in [-0.1, -0.05) is 143 Å². The predicted octanol–water partition coefficient (Wildman–Crippen LogP) is 9.38. The largest absolute Gasteiger partial charge is 0.481 e. The van der Waals surface area contributed by atoms with Crippen LogP contribution in [0.3, 0.4) is 0 Å². The third kappa shape index (κ3) is 22.6. The average molecular weight is 527 g/mol. The van der Waals surface area contributed by atoms with Crippen molar-refractivity contribution in [3.8, 4) is 0 Å². The molecule has 0 aliphatic heterocycles. The Labute approximate surface area is 229 Å². The predicted molar refractivity (Wildman–Crippen MR) is 155 cm³/mol. The SMILES string of the molecule is CCCCCCCCCCC(OC(=O)C(O)CC(=O)O)C(CCCCCCCC)CCCCCCCC. The van der Waals surface area contributed by atoms with Crippen LogP contribution in [-0.4, -0.2) is 34.4 Å². The minimum atomic E-state index is -1.58. The van der Waals surface area contributed by atoms with E-state index in [4.69, 9.17) is 9.84 Å². The number of unbranched alkanes of at least 4 members (excludes halogenated alkanes) is 17. The molecule has 5 nitrogen and oxygen atoms in total. The molecule has 220 valence electrons. The van der Waals surface area contributed by atoms with E-state index in [0.717, 1.165) is 44.9 Å². The molecule has 0 aromatic rings. The lowest BCUT2D eigenvalue weighted by Gasteiger charge is -2.28. The second-order valence-electron chi connectivity index (χ2n) is 11.2. The highest BCUT2D eigenvalue weighted by molar-refractivity contribution is 5.80. The molecule has 0 radical (unpaired) electrons. The van der Waals surface area contributed by atoms with E-state index in [1.165, 1.54) is 103 Å². The number of aliphatic hydroxyl groups is 1. The second kappa shape index (κ2) is 26.5. The number of carbonyl (C=O) groups excluding carboxylic acids is 1. The van der Waals surface area contributed by atoms with Gasteiger partial charge in [0.1, 0.15) is 6.10 Å². The Balaban J connectivity index is 5.01. The monoisotopic (exact) mass is 526 g/mol. The Hall–Kier alpha value is -1.10. The van der Waals surface area contributed by atoms with Crippen molar-refractivity contribution < 1.29 is 24.5 Å². The maximum absolute atomic E-state index is 12.6. The molecule has 0 amide bonds. The summed E-state index contributed by atoms with van der Waals surface area (Å²) in [5.41, 5.74) is 0. The topological polar surface area (TPSA) is 83.8 Å². The van der Waals surface area contributed by atoms with Crippen LogP contribution < -0.4 is 0 Å². The van der Waals surface area contributed by atoms with Crippen LogP contribution in [0.1, 0.15) is 175 Å². The minimum Gasteiger partial charge on any atom is -0.481 e. The van der Waals surface area contributed by atoms with Gasteiger partial charge in [0.25, 0.3) is 0 Å². The molecular formula is C32H62O5. The Kier molecular flexibility index (Phi) is 25.7. The Bertz CT molecular complexity index is 505. The lowest BCUT2D eigenvalue weighted by atomic mass is 9.87. The summed E-state index contributed by atoms with van der Waals surface area (Å²) in [5, 5.41) is 19.1. The zero-order valence-corrected chi connectivity index (χ0v) is 24.8. The molecule has 0 saturated carbocycles. The fraction of sp³-hybridized carbons (Fsp3) is 0.938. The fourth-order valence-electron chi connectivity index (χ4n) is 5.24. The molecule has 0 bridgehead atoms. The molecule has 0 spiro atoms. The zero-order valence-electron chi connectivity index (χ0n) is 24.8. The summed E-state index contributed by atoms with van der Waals surface area (Å²) in [4.78, 5) is 23.6. The van der Waals surface area contributed by atoms with Gasteiger partial charge in [0.05, 0.1) is 6.42 Å². The quantitative estimate of drug-likeness (QED) is 0.0783. The van der Waals surface area contributed by atoms with E-state index < -0.39 is 24.5 Å². The molecule has 2 unspecified atom stereocenters. The minimum absolute atomic E-state index is 0.220. The van der Waals surface area contributed by atoms with Gasteiger partial charge >= 0.3 is 11.9 Å². The second-order valence-corrected chi connectivity index (χ2v) is 11.2. The maximum atomic E-state index is 12.6. The highest BCUT2D eigenvalue weighted by Crippen LogP contribution is 2.28. The van der Waals surface area contributed by atoms with E-state index in [1.807, 2.05) is 0 Å². The van der Waals surface area contributed by atoms with Crippen LogP contribution >= 0.6 is 0 Å². The number of aliphatic hydroxyl groups excluding tert-OH is 1. The van der Waals surface area contributed by atoms with Gasteiger partial charge in [-0.15, -0.1) is 0 Å². The van der Waals surface area contributed by atoms with Crippen molar-refractivity contribution in [3.63, 3.8) is 0 Å². The first-order valence-corrected chi connectivity index (χ1v) is 16.1. The highest BCUT2D eigenvalue weighted by Gasteiger charge is 2.28. The van der Waals surface area contributed by atoms with E-state index in [9.17, 15) is 14.7 Å². The molecule has 0 aliphatic carbocycles. The molecule has 2 atom stereocenters. The summed E-state index contributed by atoms with van der Waals surface area (Å²) in [7, 11) is 0. The van der Waals surface area contributed by atoms with Gasteiger partial charge in [0.2, 0.25) is 0 Å². The smallest absolute Gasteiger partial charge is 0.335 e. The highest BCUT2D eigenvalue weighted by atomic mass is 16.6. The number of ether oxygens (including phenoxy) is 1. The van der Waals surface area contributed by atoms with Gasteiger partial charge in [-0.25, -0.2) is 4.79 Å². The number of aliphatic carboxylic acids is 1. The van der Waals surface area contributed by atoms with Crippen LogP contribution in [-0.2, 0) is 14.3 Å². The standard InChI is InChI=1S/C32H62O5/c1-4-7-10-13-16-17-20-23-26-30(37-32(36)29(33)27-31(34)35)28(24-21-18-14-11-8-5-2)25-22-19-15-12-9-6-3/h28-30,33H,4-27H2,1-3H3,(H,34,35). The fourth-order valence-corrected chi connectivity index (χ4v) is 5.24. The van der Waals surface area contributed by atoms with Crippen LogP contribution in [0.2, 0.25) is 0 Å². The molecule has 0 aromatic carbocycles. The van der Waals surface area contributed by atoms with E-state index in [-0.39, 0.29) is 6.10 Å². The first-order valence-electron chi connectivity index (χ1n) is 16.1. The number of rotatable bonds is 28. The van der Waals surface area contributed by atoms with Gasteiger partial charge in [-0.3, -0.25) is 4.79 Å². The Morgan fingerprint density at radius 2 is 0.919 bits per heavy atom. The summed E-state index contributed by atoms with van der Waals surface area (Å²) in [5.74, 6) is -1.65. The van der Waals surface area contributed by atoms with E-state index in [0.29, 0.717) is 5.92 Å². The first kappa shape index (κ1) is 35.9. The average Bonchev–Trinajstić information content (AvgIpc) is 2.87. The van der Waals surface area contributed by atoms with E-state index in [1.54, 1.807) is 0 Å².